The van der Waals surface area contributed by atoms with Crippen molar-refractivity contribution in [1.82, 2.24) is 0 Å². The van der Waals surface area contributed by atoms with Gasteiger partial charge in [-0.15, -0.1) is 0 Å². The Morgan fingerprint density at radius 1 is 1.25 bits per heavy atom. The van der Waals surface area contributed by atoms with E-state index in [4.69, 9.17) is 0 Å². The van der Waals surface area contributed by atoms with E-state index in [1.54, 1.807) is 0 Å². The second-order valence-corrected chi connectivity index (χ2v) is 3.73. The highest BCUT2D eigenvalue weighted by Gasteiger charge is 2.33. The SMILES string of the molecule is O=C1CC(C(=O)Nc2c(F)cccc2F)C1. The third-order valence-corrected chi connectivity index (χ3v) is 2.53. The van der Waals surface area contributed by atoms with Gasteiger partial charge in [0.25, 0.3) is 0 Å². The molecule has 1 N–H and O–H groups in total. The number of nitrogens with one attached hydrogen (secondary N) is 1. The molecule has 0 aromatic heterocycles. The number of anilines is 1. The van der Waals surface area contributed by atoms with E-state index in [0.717, 1.165) is 12.1 Å². The Balaban J connectivity index is 2.09. The van der Waals surface area contributed by atoms with E-state index in [1.165, 1.54) is 6.07 Å². The fourth-order valence-electron chi connectivity index (χ4n) is 1.52. The molecule has 2 rings (SSSR count). The maximum absolute atomic E-state index is 13.2. The third-order valence-electron chi connectivity index (χ3n) is 2.53. The molecule has 0 atom stereocenters. The summed E-state index contributed by atoms with van der Waals surface area (Å²) in [6, 6.07) is 3.34. The van der Waals surface area contributed by atoms with Crippen LogP contribution in [0.2, 0.25) is 0 Å². The van der Waals surface area contributed by atoms with Crippen LogP contribution in [0.3, 0.4) is 0 Å². The number of hydrogen-bond acceptors (Lipinski definition) is 2. The van der Waals surface area contributed by atoms with Gasteiger partial charge in [0.05, 0.1) is 5.92 Å². The van der Waals surface area contributed by atoms with Crippen LogP contribution >= 0.6 is 0 Å². The van der Waals surface area contributed by atoms with Crippen molar-refractivity contribution in [2.75, 3.05) is 5.32 Å². The molecule has 84 valence electrons. The molecule has 1 fully saturated rings. The quantitative estimate of drug-likeness (QED) is 0.835. The molecule has 1 amide bonds. The van der Waals surface area contributed by atoms with E-state index in [-0.39, 0.29) is 18.6 Å². The Morgan fingerprint density at radius 2 is 1.81 bits per heavy atom. The Labute approximate surface area is 90.5 Å². The van der Waals surface area contributed by atoms with E-state index in [0.29, 0.717) is 0 Å². The molecule has 0 bridgehead atoms. The van der Waals surface area contributed by atoms with Crippen LogP contribution in [0.15, 0.2) is 18.2 Å². The summed E-state index contributed by atoms with van der Waals surface area (Å²) >= 11 is 0. The minimum atomic E-state index is -0.820. The molecule has 1 aliphatic carbocycles. The number of carbonyl (C=O) groups excluding carboxylic acids is 2. The molecule has 0 radical (unpaired) electrons. The summed E-state index contributed by atoms with van der Waals surface area (Å²) in [5, 5.41) is 2.16. The van der Waals surface area contributed by atoms with E-state index < -0.39 is 29.1 Å². The van der Waals surface area contributed by atoms with E-state index in [9.17, 15) is 18.4 Å². The van der Waals surface area contributed by atoms with E-state index >= 15 is 0 Å². The molecule has 1 aliphatic rings. The Hall–Kier alpha value is -1.78. The number of para-hydroxylation sites is 1. The van der Waals surface area contributed by atoms with Crippen LogP contribution in [-0.2, 0) is 9.59 Å². The van der Waals surface area contributed by atoms with Crippen molar-refractivity contribution >= 4 is 17.4 Å². The zero-order valence-corrected chi connectivity index (χ0v) is 8.30. The molecule has 3 nitrogen and oxygen atoms in total. The topological polar surface area (TPSA) is 46.2 Å². The standard InChI is InChI=1S/C11H9F2NO2/c12-8-2-1-3-9(13)10(8)14-11(16)6-4-7(15)5-6/h1-3,6H,4-5H2,(H,14,16). The van der Waals surface area contributed by atoms with Crippen molar-refractivity contribution in [3.63, 3.8) is 0 Å². The zero-order chi connectivity index (χ0) is 11.7. The number of amides is 1. The first-order valence-electron chi connectivity index (χ1n) is 4.84. The first-order chi connectivity index (χ1) is 7.58. The third kappa shape index (κ3) is 1.93. The number of carbonyl (C=O) groups is 2. The van der Waals surface area contributed by atoms with Crippen molar-refractivity contribution in [2.24, 2.45) is 5.92 Å². The molecule has 0 aliphatic heterocycles. The number of Topliss-reactive ketones (excluding diaryl/α,β-unsaturated/α-hetero) is 1. The summed E-state index contributed by atoms with van der Waals surface area (Å²) in [5.41, 5.74) is -0.452. The van der Waals surface area contributed by atoms with Crippen LogP contribution < -0.4 is 5.32 Å². The summed E-state index contributed by atoms with van der Waals surface area (Å²) in [7, 11) is 0. The van der Waals surface area contributed by atoms with Crippen molar-refractivity contribution in [2.45, 2.75) is 12.8 Å². The maximum Gasteiger partial charge on any atom is 0.228 e. The van der Waals surface area contributed by atoms with Crippen LogP contribution in [0.4, 0.5) is 14.5 Å². The van der Waals surface area contributed by atoms with Crippen LogP contribution in [0.1, 0.15) is 12.8 Å². The van der Waals surface area contributed by atoms with Gasteiger partial charge >= 0.3 is 0 Å². The Kier molecular flexibility index (Phi) is 2.68. The summed E-state index contributed by atoms with van der Waals surface area (Å²) in [6.45, 7) is 0. The number of halogens is 2. The van der Waals surface area contributed by atoms with Crippen molar-refractivity contribution in [1.29, 1.82) is 0 Å². The molecule has 0 spiro atoms. The van der Waals surface area contributed by atoms with Crippen LogP contribution in [0.25, 0.3) is 0 Å². The summed E-state index contributed by atoms with van der Waals surface area (Å²) in [4.78, 5) is 22.1. The number of hydrogen-bond donors (Lipinski definition) is 1. The fraction of sp³-hybridized carbons (Fsp3) is 0.273. The van der Waals surface area contributed by atoms with Gasteiger partial charge in [-0.25, -0.2) is 8.78 Å². The number of ketones is 1. The fourth-order valence-corrected chi connectivity index (χ4v) is 1.52. The summed E-state index contributed by atoms with van der Waals surface area (Å²) < 4.78 is 26.3. The van der Waals surface area contributed by atoms with Gasteiger partial charge in [-0.2, -0.15) is 0 Å². The molecule has 5 heteroatoms. The first-order valence-corrected chi connectivity index (χ1v) is 4.84. The highest BCUT2D eigenvalue weighted by atomic mass is 19.1. The average molecular weight is 225 g/mol. The zero-order valence-electron chi connectivity index (χ0n) is 8.30. The molecule has 16 heavy (non-hydrogen) atoms. The predicted molar refractivity (Wildman–Crippen MR) is 52.7 cm³/mol. The normalized spacial score (nSPS) is 15.8. The van der Waals surface area contributed by atoms with Gasteiger partial charge in [0.15, 0.2) is 0 Å². The lowest BCUT2D eigenvalue weighted by Gasteiger charge is -2.22. The van der Waals surface area contributed by atoms with Gasteiger partial charge in [-0.05, 0) is 12.1 Å². The minimum Gasteiger partial charge on any atom is -0.321 e. The Morgan fingerprint density at radius 3 is 2.31 bits per heavy atom. The largest absolute Gasteiger partial charge is 0.321 e. The second kappa shape index (κ2) is 4.00. The maximum atomic E-state index is 13.2. The average Bonchev–Trinajstić information content (AvgIpc) is 2.19. The molecule has 1 saturated carbocycles. The van der Waals surface area contributed by atoms with E-state index in [2.05, 4.69) is 5.32 Å². The molecule has 0 unspecified atom stereocenters. The summed E-state index contributed by atoms with van der Waals surface area (Å²) in [6.07, 6.45) is 0.309. The molecule has 1 aromatic carbocycles. The van der Waals surface area contributed by atoms with Crippen LogP contribution in [0, 0.1) is 17.6 Å². The van der Waals surface area contributed by atoms with Gasteiger partial charge in [-0.3, -0.25) is 9.59 Å². The van der Waals surface area contributed by atoms with Crippen molar-refractivity contribution < 1.29 is 18.4 Å². The predicted octanol–water partition coefficient (Wildman–Crippen LogP) is 1.88. The summed E-state index contributed by atoms with van der Waals surface area (Å²) in [5.74, 6) is -2.61. The Bertz CT molecular complexity index is 431. The lowest BCUT2D eigenvalue weighted by Crippen LogP contribution is -2.34. The highest BCUT2D eigenvalue weighted by molar-refractivity contribution is 6.02. The monoisotopic (exact) mass is 225 g/mol. The first kappa shape index (κ1) is 10.7. The second-order valence-electron chi connectivity index (χ2n) is 3.73. The molecular formula is C11H9F2NO2. The van der Waals surface area contributed by atoms with Crippen molar-refractivity contribution in [3.8, 4) is 0 Å². The highest BCUT2D eigenvalue weighted by Crippen LogP contribution is 2.26. The molecular weight excluding hydrogens is 216 g/mol. The van der Waals surface area contributed by atoms with Gasteiger partial charge in [0, 0.05) is 12.8 Å². The number of benzene rings is 1. The van der Waals surface area contributed by atoms with Crippen molar-refractivity contribution in [3.05, 3.63) is 29.8 Å². The van der Waals surface area contributed by atoms with E-state index in [1.807, 2.05) is 0 Å². The molecule has 1 aromatic rings. The lowest BCUT2D eigenvalue weighted by atomic mass is 9.83. The molecule has 0 saturated heterocycles. The van der Waals surface area contributed by atoms with Gasteiger partial charge in [0.2, 0.25) is 5.91 Å². The van der Waals surface area contributed by atoms with Crippen LogP contribution in [-0.4, -0.2) is 11.7 Å². The van der Waals surface area contributed by atoms with Gasteiger partial charge in [0.1, 0.15) is 23.1 Å². The van der Waals surface area contributed by atoms with Crippen LogP contribution in [0.5, 0.6) is 0 Å². The van der Waals surface area contributed by atoms with Gasteiger partial charge < -0.3 is 5.32 Å². The minimum absolute atomic E-state index is 0.00541. The van der Waals surface area contributed by atoms with Gasteiger partial charge in [-0.1, -0.05) is 6.07 Å². The lowest BCUT2D eigenvalue weighted by molar-refractivity contribution is -0.135. The number of rotatable bonds is 2. The smallest absolute Gasteiger partial charge is 0.228 e. The molecule has 0 heterocycles.